The minimum atomic E-state index is 0.00191. The van der Waals surface area contributed by atoms with Crippen LogP contribution in [0.15, 0.2) is 23.7 Å². The summed E-state index contributed by atoms with van der Waals surface area (Å²) in [5.74, 6) is 0.143. The van der Waals surface area contributed by atoms with Crippen molar-refractivity contribution in [2.75, 3.05) is 26.3 Å². The fourth-order valence-electron chi connectivity index (χ4n) is 4.23. The molecular formula is C20H28N4O2S. The molecule has 0 spiro atoms. The van der Waals surface area contributed by atoms with Crippen molar-refractivity contribution in [2.24, 2.45) is 11.7 Å². The van der Waals surface area contributed by atoms with Crippen LogP contribution in [0.4, 0.5) is 0 Å². The predicted molar refractivity (Wildman–Crippen MR) is 108 cm³/mol. The standard InChI is InChI=1S/C20H28N4O2S/c21-16-5-4-15(11-24(12-16)17-6-8-26-9-7-17)20(25)22-10-14-2-1-3-18-19(14)27-13-23-18/h1-3,13,15-17H,4-12,21H2,(H,22,25)/t15-,16+/m1/s1. The molecule has 0 bridgehead atoms. The van der Waals surface area contributed by atoms with Crippen LogP contribution in [-0.2, 0) is 16.1 Å². The number of fused-ring (bicyclic) bond motifs is 1. The third-order valence-electron chi connectivity index (χ3n) is 5.78. The SMILES string of the molecule is N[C@H]1CC[C@@H](C(=O)NCc2cccc3ncsc23)CN(C2CCOCC2)C1. The molecule has 3 N–H and O–H groups in total. The van der Waals surface area contributed by atoms with E-state index in [0.29, 0.717) is 12.6 Å². The molecule has 2 aliphatic rings. The summed E-state index contributed by atoms with van der Waals surface area (Å²) in [5.41, 5.74) is 10.3. The van der Waals surface area contributed by atoms with Gasteiger partial charge in [0.15, 0.2) is 0 Å². The number of hydrogen-bond acceptors (Lipinski definition) is 6. The Morgan fingerprint density at radius 1 is 1.26 bits per heavy atom. The number of thiazole rings is 1. The summed E-state index contributed by atoms with van der Waals surface area (Å²) in [6.07, 6.45) is 3.84. The Morgan fingerprint density at radius 3 is 2.96 bits per heavy atom. The molecule has 1 amide bonds. The summed E-state index contributed by atoms with van der Waals surface area (Å²) in [6, 6.07) is 6.72. The Bertz CT molecular complexity index is 774. The van der Waals surface area contributed by atoms with Crippen LogP contribution < -0.4 is 11.1 Å². The molecule has 2 fully saturated rings. The van der Waals surface area contributed by atoms with Gasteiger partial charge in [0.25, 0.3) is 0 Å². The molecule has 2 aromatic rings. The average molecular weight is 389 g/mol. The third-order valence-corrected chi connectivity index (χ3v) is 6.70. The predicted octanol–water partition coefficient (Wildman–Crippen LogP) is 2.13. The molecular weight excluding hydrogens is 360 g/mol. The van der Waals surface area contributed by atoms with E-state index in [4.69, 9.17) is 10.5 Å². The van der Waals surface area contributed by atoms with Crippen LogP contribution in [0, 0.1) is 5.92 Å². The molecule has 1 aromatic carbocycles. The highest BCUT2D eigenvalue weighted by Crippen LogP contribution is 2.24. The largest absolute Gasteiger partial charge is 0.381 e. The summed E-state index contributed by atoms with van der Waals surface area (Å²) < 4.78 is 6.65. The van der Waals surface area contributed by atoms with E-state index < -0.39 is 0 Å². The maximum absolute atomic E-state index is 12.9. The van der Waals surface area contributed by atoms with Gasteiger partial charge in [-0.2, -0.15) is 0 Å². The zero-order chi connectivity index (χ0) is 18.6. The molecule has 7 heteroatoms. The van der Waals surface area contributed by atoms with Crippen LogP contribution in [0.3, 0.4) is 0 Å². The zero-order valence-corrected chi connectivity index (χ0v) is 16.4. The van der Waals surface area contributed by atoms with Crippen molar-refractivity contribution in [3.8, 4) is 0 Å². The summed E-state index contributed by atoms with van der Waals surface area (Å²) in [6.45, 7) is 3.86. The van der Waals surface area contributed by atoms with Crippen LogP contribution in [-0.4, -0.2) is 54.2 Å². The molecule has 4 rings (SSSR count). The second-order valence-electron chi connectivity index (χ2n) is 7.67. The second kappa shape index (κ2) is 8.65. The van der Waals surface area contributed by atoms with E-state index in [1.807, 2.05) is 17.6 Å². The number of nitrogens with one attached hydrogen (secondary N) is 1. The van der Waals surface area contributed by atoms with Gasteiger partial charge in [0, 0.05) is 44.9 Å². The molecule has 6 nitrogen and oxygen atoms in total. The van der Waals surface area contributed by atoms with Crippen LogP contribution in [0.5, 0.6) is 0 Å². The third kappa shape index (κ3) is 4.48. The molecule has 2 saturated heterocycles. The van der Waals surface area contributed by atoms with Crippen LogP contribution in [0.2, 0.25) is 0 Å². The van der Waals surface area contributed by atoms with E-state index in [0.717, 1.165) is 67.8 Å². The van der Waals surface area contributed by atoms with Crippen LogP contribution in [0.1, 0.15) is 31.2 Å². The van der Waals surface area contributed by atoms with Crippen molar-refractivity contribution in [3.63, 3.8) is 0 Å². The number of hydrogen-bond donors (Lipinski definition) is 2. The maximum Gasteiger partial charge on any atom is 0.224 e. The Kier molecular flexibility index (Phi) is 6.02. The van der Waals surface area contributed by atoms with Gasteiger partial charge in [-0.05, 0) is 37.3 Å². The van der Waals surface area contributed by atoms with Crippen molar-refractivity contribution in [1.82, 2.24) is 15.2 Å². The highest BCUT2D eigenvalue weighted by molar-refractivity contribution is 7.16. The molecule has 0 saturated carbocycles. The van der Waals surface area contributed by atoms with E-state index in [2.05, 4.69) is 21.3 Å². The zero-order valence-electron chi connectivity index (χ0n) is 15.6. The Morgan fingerprint density at radius 2 is 2.11 bits per heavy atom. The monoisotopic (exact) mass is 388 g/mol. The van der Waals surface area contributed by atoms with Crippen LogP contribution in [0.25, 0.3) is 10.2 Å². The number of benzene rings is 1. The van der Waals surface area contributed by atoms with Crippen molar-refractivity contribution in [2.45, 2.75) is 44.3 Å². The fraction of sp³-hybridized carbons (Fsp3) is 0.600. The van der Waals surface area contributed by atoms with Gasteiger partial charge >= 0.3 is 0 Å². The van der Waals surface area contributed by atoms with E-state index in [1.54, 1.807) is 11.3 Å². The van der Waals surface area contributed by atoms with Crippen molar-refractivity contribution in [1.29, 1.82) is 0 Å². The smallest absolute Gasteiger partial charge is 0.224 e. The Labute approximate surface area is 164 Å². The molecule has 3 heterocycles. The topological polar surface area (TPSA) is 80.5 Å². The number of aromatic nitrogens is 1. The van der Waals surface area contributed by atoms with Gasteiger partial charge in [0.05, 0.1) is 21.6 Å². The molecule has 27 heavy (non-hydrogen) atoms. The quantitative estimate of drug-likeness (QED) is 0.839. The van der Waals surface area contributed by atoms with E-state index in [-0.39, 0.29) is 17.9 Å². The molecule has 2 aliphatic heterocycles. The number of carbonyl (C=O) groups excluding carboxylic acids is 1. The van der Waals surface area contributed by atoms with Gasteiger partial charge in [-0.3, -0.25) is 9.69 Å². The lowest BCUT2D eigenvalue weighted by atomic mass is 10.00. The van der Waals surface area contributed by atoms with Crippen molar-refractivity contribution >= 4 is 27.5 Å². The lowest BCUT2D eigenvalue weighted by Gasteiger charge is -2.35. The highest BCUT2D eigenvalue weighted by Gasteiger charge is 2.31. The highest BCUT2D eigenvalue weighted by atomic mass is 32.1. The van der Waals surface area contributed by atoms with Gasteiger partial charge in [-0.1, -0.05) is 12.1 Å². The average Bonchev–Trinajstić information content (AvgIpc) is 3.09. The second-order valence-corrected chi connectivity index (χ2v) is 8.52. The van der Waals surface area contributed by atoms with Gasteiger partial charge in [0.2, 0.25) is 5.91 Å². The van der Waals surface area contributed by atoms with Gasteiger partial charge < -0.3 is 15.8 Å². The van der Waals surface area contributed by atoms with E-state index in [9.17, 15) is 4.79 Å². The first-order chi connectivity index (χ1) is 13.2. The number of ether oxygens (including phenoxy) is 1. The Hall–Kier alpha value is -1.54. The minimum Gasteiger partial charge on any atom is -0.381 e. The van der Waals surface area contributed by atoms with Crippen molar-refractivity contribution < 1.29 is 9.53 Å². The molecule has 0 aliphatic carbocycles. The minimum absolute atomic E-state index is 0.00191. The summed E-state index contributed by atoms with van der Waals surface area (Å²) >= 11 is 1.62. The first-order valence-corrected chi connectivity index (χ1v) is 10.7. The number of carbonyl (C=O) groups is 1. The van der Waals surface area contributed by atoms with E-state index in [1.165, 1.54) is 0 Å². The number of likely N-dealkylation sites (tertiary alicyclic amines) is 1. The van der Waals surface area contributed by atoms with Crippen LogP contribution >= 0.6 is 11.3 Å². The fourth-order valence-corrected chi connectivity index (χ4v) is 5.03. The normalized spacial score (nSPS) is 25.4. The molecule has 2 atom stereocenters. The van der Waals surface area contributed by atoms with E-state index >= 15 is 0 Å². The number of amides is 1. The number of rotatable bonds is 4. The number of nitrogens with zero attached hydrogens (tertiary/aromatic N) is 2. The molecule has 146 valence electrons. The summed E-state index contributed by atoms with van der Waals surface area (Å²) in [7, 11) is 0. The lowest BCUT2D eigenvalue weighted by molar-refractivity contribution is -0.126. The maximum atomic E-state index is 12.9. The first-order valence-electron chi connectivity index (χ1n) is 9.87. The summed E-state index contributed by atoms with van der Waals surface area (Å²) in [4.78, 5) is 19.7. The van der Waals surface area contributed by atoms with Crippen molar-refractivity contribution in [3.05, 3.63) is 29.3 Å². The van der Waals surface area contributed by atoms with Gasteiger partial charge in [-0.25, -0.2) is 4.98 Å². The molecule has 0 radical (unpaired) electrons. The molecule has 1 aromatic heterocycles. The Balaban J connectivity index is 1.40. The summed E-state index contributed by atoms with van der Waals surface area (Å²) in [5, 5.41) is 3.16. The number of nitrogens with two attached hydrogens (primary N) is 1. The lowest BCUT2D eigenvalue weighted by Crippen LogP contribution is -2.47. The first kappa shape index (κ1) is 18.8. The van der Waals surface area contributed by atoms with Gasteiger partial charge in [-0.15, -0.1) is 11.3 Å². The van der Waals surface area contributed by atoms with Gasteiger partial charge in [0.1, 0.15) is 0 Å². The molecule has 0 unspecified atom stereocenters.